The van der Waals surface area contributed by atoms with Gasteiger partial charge in [0.05, 0.1) is 0 Å². The van der Waals surface area contributed by atoms with Crippen LogP contribution in [0.5, 0.6) is 5.75 Å². The van der Waals surface area contributed by atoms with Gasteiger partial charge in [-0.15, -0.1) is 0 Å². The first kappa shape index (κ1) is 41.9. The molecule has 0 aliphatic rings. The Labute approximate surface area is 328 Å². The van der Waals surface area contributed by atoms with Gasteiger partial charge in [0.25, 0.3) is 0 Å². The summed E-state index contributed by atoms with van der Waals surface area (Å²) >= 11 is 0. The van der Waals surface area contributed by atoms with Crippen LogP contribution in [0.1, 0.15) is 158 Å². The van der Waals surface area contributed by atoms with Crippen molar-refractivity contribution >= 4 is 30.1 Å². The Morgan fingerprint density at radius 2 is 0.796 bits per heavy atom. The topological polar surface area (TPSA) is 49.7 Å². The molecule has 5 rings (SSSR count). The lowest BCUT2D eigenvalue weighted by molar-refractivity contribution is 0.375. The summed E-state index contributed by atoms with van der Waals surface area (Å²) in [7, 11) is -2.67. The van der Waals surface area contributed by atoms with Gasteiger partial charge in [-0.2, -0.15) is 0 Å². The minimum absolute atomic E-state index is 0.000461. The Morgan fingerprint density at radius 3 is 1.17 bits per heavy atom. The Balaban J connectivity index is 2.03. The van der Waals surface area contributed by atoms with E-state index in [9.17, 15) is 9.79 Å². The fourth-order valence-corrected chi connectivity index (χ4v) is 8.13. The summed E-state index contributed by atoms with van der Waals surface area (Å²) in [4.78, 5) is 20.9. The first-order valence-electron chi connectivity index (χ1n) is 19.6. The minimum atomic E-state index is -2.67. The molecule has 0 saturated carbocycles. The molecule has 4 heteroatoms. The van der Waals surface area contributed by atoms with Crippen LogP contribution in [0.2, 0.25) is 0 Å². The average molecular weight is 747 g/mol. The second-order valence-corrected chi connectivity index (χ2v) is 22.5. The van der Waals surface area contributed by atoms with E-state index in [1.54, 1.807) is 0 Å². The standard InChI is InChI=1S/C50H67O3P/c1-45(2,3)32-22-30-24-39(47(7,8)9)37(28-35(30)41(26-32)49(13,14)15)34-20-19-21-43(53-54(51)52)44(34)38-29-36-31(25-40(38)48(10,11)12)23-33(46(4,5)6)27-42(36)50(16,17)18/h19-29,51-52H,1-18H3. The number of fused-ring (bicyclic) bond motifs is 2. The third-order valence-corrected chi connectivity index (χ3v) is 11.3. The van der Waals surface area contributed by atoms with E-state index in [-0.39, 0.29) is 32.5 Å². The van der Waals surface area contributed by atoms with Crippen molar-refractivity contribution in [2.24, 2.45) is 0 Å². The number of benzene rings is 5. The van der Waals surface area contributed by atoms with Gasteiger partial charge in [0.1, 0.15) is 5.75 Å². The highest BCUT2D eigenvalue weighted by Gasteiger charge is 2.31. The van der Waals surface area contributed by atoms with Gasteiger partial charge in [-0.3, -0.25) is 0 Å². The Bertz CT molecular complexity index is 2210. The molecule has 5 aromatic carbocycles. The van der Waals surface area contributed by atoms with Crippen molar-refractivity contribution in [3.63, 3.8) is 0 Å². The first-order chi connectivity index (χ1) is 24.4. The second kappa shape index (κ2) is 13.8. The van der Waals surface area contributed by atoms with Crippen LogP contribution < -0.4 is 4.52 Å². The minimum Gasteiger partial charge on any atom is -0.426 e. The predicted octanol–water partition coefficient (Wildman–Crippen LogP) is 14.7. The first-order valence-corrected chi connectivity index (χ1v) is 20.8. The van der Waals surface area contributed by atoms with Crippen LogP contribution >= 0.6 is 8.60 Å². The molecule has 0 atom stereocenters. The molecule has 0 radical (unpaired) electrons. The van der Waals surface area contributed by atoms with Gasteiger partial charge in [-0.1, -0.05) is 161 Å². The molecule has 290 valence electrons. The molecule has 0 bridgehead atoms. The highest BCUT2D eigenvalue weighted by atomic mass is 31.2. The van der Waals surface area contributed by atoms with Gasteiger partial charge in [0.15, 0.2) is 0 Å². The summed E-state index contributed by atoms with van der Waals surface area (Å²) in [6.45, 7) is 41.2. The van der Waals surface area contributed by atoms with Crippen molar-refractivity contribution < 1.29 is 14.3 Å². The molecule has 5 aromatic rings. The molecular formula is C50H67O3P. The number of hydrogen-bond donors (Lipinski definition) is 2. The molecule has 0 aliphatic carbocycles. The van der Waals surface area contributed by atoms with Crippen LogP contribution in [-0.2, 0) is 32.5 Å². The molecule has 0 amide bonds. The summed E-state index contributed by atoms with van der Waals surface area (Å²) in [6, 6.07) is 25.2. The summed E-state index contributed by atoms with van der Waals surface area (Å²) in [5.41, 5.74) is 11.1. The fraction of sp³-hybridized carbons (Fsp3) is 0.480. The number of hydrogen-bond acceptors (Lipinski definition) is 3. The maximum Gasteiger partial charge on any atom is 0.391 e. The van der Waals surface area contributed by atoms with E-state index >= 15 is 0 Å². The maximum atomic E-state index is 10.4. The zero-order chi connectivity index (χ0) is 40.7. The van der Waals surface area contributed by atoms with Gasteiger partial charge in [-0.05, 0) is 134 Å². The van der Waals surface area contributed by atoms with Gasteiger partial charge < -0.3 is 14.3 Å². The lowest BCUT2D eigenvalue weighted by atomic mass is 9.73. The second-order valence-electron chi connectivity index (χ2n) is 21.8. The molecule has 0 aromatic heterocycles. The molecule has 0 aliphatic heterocycles. The molecule has 0 heterocycles. The lowest BCUT2D eigenvalue weighted by Crippen LogP contribution is -2.18. The largest absolute Gasteiger partial charge is 0.426 e. The molecule has 3 nitrogen and oxygen atoms in total. The van der Waals surface area contributed by atoms with E-state index in [0.29, 0.717) is 5.75 Å². The van der Waals surface area contributed by atoms with Crippen molar-refractivity contribution in [1.82, 2.24) is 0 Å². The van der Waals surface area contributed by atoms with E-state index in [4.69, 9.17) is 4.52 Å². The monoisotopic (exact) mass is 746 g/mol. The van der Waals surface area contributed by atoms with Crippen molar-refractivity contribution in [2.45, 2.75) is 157 Å². The third-order valence-electron chi connectivity index (χ3n) is 10.9. The van der Waals surface area contributed by atoms with Crippen LogP contribution in [0.15, 0.2) is 66.7 Å². The van der Waals surface area contributed by atoms with Gasteiger partial charge in [0, 0.05) is 5.56 Å². The molecule has 0 fully saturated rings. The van der Waals surface area contributed by atoms with Gasteiger partial charge >= 0.3 is 8.60 Å². The number of rotatable bonds is 4. The van der Waals surface area contributed by atoms with Crippen molar-refractivity contribution in [2.75, 3.05) is 0 Å². The molecule has 54 heavy (non-hydrogen) atoms. The van der Waals surface area contributed by atoms with E-state index in [1.165, 1.54) is 54.9 Å². The predicted molar refractivity (Wildman–Crippen MR) is 237 cm³/mol. The summed E-state index contributed by atoms with van der Waals surface area (Å²) in [6.07, 6.45) is 0. The fourth-order valence-electron chi connectivity index (χ4n) is 7.80. The summed E-state index contributed by atoms with van der Waals surface area (Å²) in [5.74, 6) is 0.469. The van der Waals surface area contributed by atoms with Crippen LogP contribution in [0.3, 0.4) is 0 Å². The van der Waals surface area contributed by atoms with Crippen LogP contribution in [0.4, 0.5) is 0 Å². The van der Waals surface area contributed by atoms with Crippen LogP contribution in [0, 0.1) is 0 Å². The molecular weight excluding hydrogens is 680 g/mol. The lowest BCUT2D eigenvalue weighted by Gasteiger charge is -2.32. The van der Waals surface area contributed by atoms with Crippen LogP contribution in [-0.4, -0.2) is 9.79 Å². The molecule has 2 N–H and O–H groups in total. The van der Waals surface area contributed by atoms with E-state index in [1.807, 2.05) is 12.1 Å². The maximum absolute atomic E-state index is 10.4. The molecule has 0 saturated heterocycles. The van der Waals surface area contributed by atoms with Crippen molar-refractivity contribution in [3.05, 3.63) is 100 Å². The summed E-state index contributed by atoms with van der Waals surface area (Å²) < 4.78 is 6.02. The normalized spacial score (nSPS) is 13.7. The van der Waals surface area contributed by atoms with Crippen molar-refractivity contribution in [3.8, 4) is 28.0 Å². The Morgan fingerprint density at radius 1 is 0.407 bits per heavy atom. The van der Waals surface area contributed by atoms with Gasteiger partial charge in [0.2, 0.25) is 0 Å². The SMILES string of the molecule is CC(C)(C)c1cc(C(C)(C)C)c2cc(-c3cccc(OP(O)O)c3-c3cc4c(C(C)(C)C)cc(C(C)(C)C)cc4cc3C(C)(C)C)c(C(C)(C)C)cc2c1. The van der Waals surface area contributed by atoms with E-state index in [2.05, 4.69) is 179 Å². The van der Waals surface area contributed by atoms with E-state index in [0.717, 1.165) is 22.3 Å². The highest BCUT2D eigenvalue weighted by molar-refractivity contribution is 7.39. The van der Waals surface area contributed by atoms with Gasteiger partial charge in [-0.25, -0.2) is 0 Å². The smallest absolute Gasteiger partial charge is 0.391 e. The van der Waals surface area contributed by atoms with E-state index < -0.39 is 8.60 Å². The van der Waals surface area contributed by atoms with Crippen LogP contribution in [0.25, 0.3) is 43.8 Å². The quantitative estimate of drug-likeness (QED) is 0.180. The zero-order valence-electron chi connectivity index (χ0n) is 36.6. The summed E-state index contributed by atoms with van der Waals surface area (Å²) in [5, 5.41) is 4.91. The molecule has 0 spiro atoms. The third kappa shape index (κ3) is 8.45. The Hall–Kier alpha value is -3.23. The zero-order valence-corrected chi connectivity index (χ0v) is 37.5. The highest BCUT2D eigenvalue weighted by Crippen LogP contribution is 2.51. The average Bonchev–Trinajstić information content (AvgIpc) is 2.99. The van der Waals surface area contributed by atoms with Crippen molar-refractivity contribution in [1.29, 1.82) is 0 Å². The molecule has 0 unspecified atom stereocenters. The Kier molecular flexibility index (Phi) is 10.7.